The molecule has 33 heavy (non-hydrogen) atoms. The Balaban J connectivity index is 1.38. The number of likely N-dealkylation sites (tertiary alicyclic amines) is 1. The van der Waals surface area contributed by atoms with Gasteiger partial charge in [0.25, 0.3) is 0 Å². The van der Waals surface area contributed by atoms with Crippen LogP contribution in [0.3, 0.4) is 0 Å². The molecule has 1 spiro atoms. The van der Waals surface area contributed by atoms with Crippen LogP contribution in [0.4, 0.5) is 11.4 Å². The summed E-state index contributed by atoms with van der Waals surface area (Å²) in [7, 11) is 0. The van der Waals surface area contributed by atoms with Crippen molar-refractivity contribution in [1.82, 2.24) is 4.90 Å². The van der Waals surface area contributed by atoms with Gasteiger partial charge in [0, 0.05) is 32.1 Å². The van der Waals surface area contributed by atoms with Gasteiger partial charge in [-0.05, 0) is 17.7 Å². The fourth-order valence-corrected chi connectivity index (χ4v) is 5.24. The molecule has 166 valence electrons. The zero-order chi connectivity index (χ0) is 22.9. The Morgan fingerprint density at radius 2 is 1.45 bits per heavy atom. The van der Waals surface area contributed by atoms with E-state index in [0.29, 0.717) is 17.9 Å². The third kappa shape index (κ3) is 2.81. The highest BCUT2D eigenvalue weighted by Gasteiger charge is 2.47. The van der Waals surface area contributed by atoms with E-state index in [1.807, 2.05) is 18.2 Å². The van der Waals surface area contributed by atoms with E-state index in [1.165, 1.54) is 17.7 Å². The van der Waals surface area contributed by atoms with Crippen molar-refractivity contribution < 1.29 is 24.9 Å². The molecule has 2 aliphatic heterocycles. The summed E-state index contributed by atoms with van der Waals surface area (Å²) in [6.45, 7) is 2.25. The highest BCUT2D eigenvalue weighted by atomic mass is 16.3. The monoisotopic (exact) mass is 443 g/mol. The van der Waals surface area contributed by atoms with Gasteiger partial charge in [-0.15, -0.1) is 0 Å². The van der Waals surface area contributed by atoms with E-state index < -0.39 is 23.0 Å². The second-order valence-corrected chi connectivity index (χ2v) is 8.86. The summed E-state index contributed by atoms with van der Waals surface area (Å²) in [4.78, 5) is 28.9. The molecule has 6 rings (SSSR count). The third-order valence-corrected chi connectivity index (χ3v) is 6.71. The van der Waals surface area contributed by atoms with Gasteiger partial charge in [0.2, 0.25) is 11.6 Å². The predicted molar refractivity (Wildman–Crippen MR) is 121 cm³/mol. The van der Waals surface area contributed by atoms with Crippen LogP contribution in [0.25, 0.3) is 0 Å². The minimum atomic E-state index is -0.701. The number of carbonyl (C=O) groups excluding carboxylic acids is 2. The van der Waals surface area contributed by atoms with E-state index in [2.05, 4.69) is 27.7 Å². The van der Waals surface area contributed by atoms with E-state index in [9.17, 15) is 24.9 Å². The van der Waals surface area contributed by atoms with Crippen LogP contribution in [0.5, 0.6) is 17.2 Å². The molecular weight excluding hydrogens is 422 g/mol. The second kappa shape index (κ2) is 6.73. The number of nitrogens with zero attached hydrogens (tertiary/aromatic N) is 1. The molecule has 3 aromatic rings. The zero-order valence-electron chi connectivity index (χ0n) is 17.6. The van der Waals surface area contributed by atoms with Crippen LogP contribution < -0.4 is 10.6 Å². The molecule has 8 nitrogen and oxygen atoms in total. The van der Waals surface area contributed by atoms with Crippen LogP contribution in [0.15, 0.2) is 48.5 Å². The van der Waals surface area contributed by atoms with Crippen molar-refractivity contribution >= 4 is 22.9 Å². The van der Waals surface area contributed by atoms with E-state index in [4.69, 9.17) is 0 Å². The van der Waals surface area contributed by atoms with Crippen molar-refractivity contribution in [3.05, 3.63) is 76.3 Å². The minimum Gasteiger partial charge on any atom is -0.507 e. The lowest BCUT2D eigenvalue weighted by atomic mass is 9.81. The maximum Gasteiger partial charge on any atom is 0.202 e. The van der Waals surface area contributed by atoms with Gasteiger partial charge in [-0.3, -0.25) is 14.5 Å². The molecule has 0 bridgehead atoms. The Morgan fingerprint density at radius 1 is 0.818 bits per heavy atom. The summed E-state index contributed by atoms with van der Waals surface area (Å²) in [5.74, 6) is -2.47. The minimum absolute atomic E-state index is 0.00860. The van der Waals surface area contributed by atoms with Gasteiger partial charge < -0.3 is 26.0 Å². The highest BCUT2D eigenvalue weighted by Crippen LogP contribution is 2.49. The number of nitrogens with one attached hydrogen (secondary N) is 2. The molecule has 5 N–H and O–H groups in total. The molecule has 8 heteroatoms. The van der Waals surface area contributed by atoms with Gasteiger partial charge in [0.1, 0.15) is 22.9 Å². The van der Waals surface area contributed by atoms with Crippen LogP contribution in [0.1, 0.15) is 43.8 Å². The molecule has 3 aromatic carbocycles. The van der Waals surface area contributed by atoms with E-state index >= 15 is 0 Å². The van der Waals surface area contributed by atoms with Gasteiger partial charge in [-0.25, -0.2) is 0 Å². The Labute approximate surface area is 189 Å². The first kappa shape index (κ1) is 19.6. The standard InChI is InChI=1S/C25H21N3O5/c29-15-6-7-16(30)19-18(15)23(32)20-17(31)10-14-22(21(20)24(19)33)27-25(26-14)8-9-28(12-25)11-13-4-2-1-3-5-13/h1-7,10,26-27,29-31H,8-9,11-12H2. The molecule has 2 heterocycles. The number of hydrogen-bond donors (Lipinski definition) is 5. The van der Waals surface area contributed by atoms with E-state index in [0.717, 1.165) is 25.6 Å². The van der Waals surface area contributed by atoms with Crippen LogP contribution in [0.2, 0.25) is 0 Å². The van der Waals surface area contributed by atoms with E-state index in [1.54, 1.807) is 0 Å². The average molecular weight is 443 g/mol. The maximum absolute atomic E-state index is 13.4. The molecule has 0 amide bonds. The van der Waals surface area contributed by atoms with E-state index in [-0.39, 0.29) is 33.8 Å². The normalized spacial score (nSPS) is 20.8. The summed E-state index contributed by atoms with van der Waals surface area (Å²) in [6.07, 6.45) is 0.745. The summed E-state index contributed by atoms with van der Waals surface area (Å²) >= 11 is 0. The first-order chi connectivity index (χ1) is 15.9. The van der Waals surface area contributed by atoms with Crippen molar-refractivity contribution in [1.29, 1.82) is 0 Å². The number of carbonyl (C=O) groups is 2. The fourth-order valence-electron chi connectivity index (χ4n) is 5.24. The molecule has 0 saturated carbocycles. The molecule has 1 saturated heterocycles. The molecule has 0 radical (unpaired) electrons. The molecule has 1 aliphatic carbocycles. The van der Waals surface area contributed by atoms with Crippen molar-refractivity contribution in [2.45, 2.75) is 18.6 Å². The van der Waals surface area contributed by atoms with Gasteiger partial charge in [-0.1, -0.05) is 30.3 Å². The molecule has 1 fully saturated rings. The van der Waals surface area contributed by atoms with Crippen molar-refractivity contribution in [2.24, 2.45) is 0 Å². The second-order valence-electron chi connectivity index (χ2n) is 8.86. The molecule has 1 atom stereocenters. The van der Waals surface area contributed by atoms with Crippen molar-refractivity contribution in [3.63, 3.8) is 0 Å². The lowest BCUT2D eigenvalue weighted by molar-refractivity contribution is 0.0972. The lowest BCUT2D eigenvalue weighted by Crippen LogP contribution is -2.44. The topological polar surface area (TPSA) is 122 Å². The Hall–Kier alpha value is -4.04. The molecule has 0 aromatic heterocycles. The molecule has 3 aliphatic rings. The maximum atomic E-state index is 13.4. The number of rotatable bonds is 2. The van der Waals surface area contributed by atoms with Gasteiger partial charge >= 0.3 is 0 Å². The number of phenolic OH excluding ortho intramolecular Hbond substituents is 3. The van der Waals surface area contributed by atoms with Gasteiger partial charge in [0.05, 0.1) is 33.6 Å². The lowest BCUT2D eigenvalue weighted by Gasteiger charge is -2.27. The van der Waals surface area contributed by atoms with Gasteiger partial charge in [-0.2, -0.15) is 0 Å². The first-order valence-electron chi connectivity index (χ1n) is 10.7. The largest absolute Gasteiger partial charge is 0.507 e. The number of ketones is 2. The Morgan fingerprint density at radius 3 is 2.15 bits per heavy atom. The first-order valence-corrected chi connectivity index (χ1v) is 10.7. The van der Waals surface area contributed by atoms with Crippen molar-refractivity contribution in [2.75, 3.05) is 23.7 Å². The quantitative estimate of drug-likeness (QED) is 0.300. The zero-order valence-corrected chi connectivity index (χ0v) is 17.6. The Bertz CT molecular complexity index is 1350. The fraction of sp³-hybridized carbons (Fsp3) is 0.200. The van der Waals surface area contributed by atoms with Crippen LogP contribution in [0, 0.1) is 0 Å². The predicted octanol–water partition coefficient (Wildman–Crippen LogP) is 3.02. The molecule has 1 unspecified atom stereocenters. The van der Waals surface area contributed by atoms with Crippen LogP contribution >= 0.6 is 0 Å². The summed E-state index contributed by atoms with van der Waals surface area (Å²) in [5.41, 5.74) is 0.898. The summed E-state index contributed by atoms with van der Waals surface area (Å²) < 4.78 is 0. The smallest absolute Gasteiger partial charge is 0.202 e. The Kier molecular flexibility index (Phi) is 4.00. The number of anilines is 2. The van der Waals surface area contributed by atoms with Crippen molar-refractivity contribution in [3.8, 4) is 17.2 Å². The summed E-state index contributed by atoms with van der Waals surface area (Å²) in [6, 6.07) is 13.9. The molecular formula is C25H21N3O5. The number of hydrogen-bond acceptors (Lipinski definition) is 8. The third-order valence-electron chi connectivity index (χ3n) is 6.71. The highest BCUT2D eigenvalue weighted by molar-refractivity contribution is 6.33. The number of fused-ring (bicyclic) bond motifs is 4. The van der Waals surface area contributed by atoms with Gasteiger partial charge in [0.15, 0.2) is 0 Å². The summed E-state index contributed by atoms with van der Waals surface area (Å²) in [5, 5.41) is 38.0. The number of phenols is 3. The number of benzene rings is 3. The SMILES string of the molecule is O=C1c2c(O)ccc(O)c2C(=O)c2c3c(cc(O)c21)NC1(CCN(Cc2ccccc2)C1)N3. The van der Waals surface area contributed by atoms with Crippen LogP contribution in [-0.4, -0.2) is 50.5 Å². The number of aromatic hydroxyl groups is 3. The van der Waals surface area contributed by atoms with Crippen LogP contribution in [-0.2, 0) is 6.54 Å². The average Bonchev–Trinajstić information content (AvgIpc) is 3.35.